The second kappa shape index (κ2) is 12.8. The molecule has 0 saturated heterocycles. The Morgan fingerprint density at radius 1 is 0.846 bits per heavy atom. The summed E-state index contributed by atoms with van der Waals surface area (Å²) in [4.78, 5) is 10.1. The lowest BCUT2D eigenvalue weighted by atomic mass is 9.98. The summed E-state index contributed by atoms with van der Waals surface area (Å²) in [6.07, 6.45) is 1.26. The monoisotopic (exact) mass is 551 g/mol. The Kier molecular flexibility index (Phi) is 10.0. The molecule has 1 aliphatic rings. The Hall–Kier alpha value is -3.10. The summed E-state index contributed by atoms with van der Waals surface area (Å²) in [5.74, 6) is 1.12. The molecule has 4 rings (SSSR count). The van der Waals surface area contributed by atoms with Gasteiger partial charge in [-0.1, -0.05) is 20.8 Å². The van der Waals surface area contributed by atoms with Gasteiger partial charge in [0.2, 0.25) is 0 Å². The van der Waals surface area contributed by atoms with Crippen LogP contribution in [0.1, 0.15) is 81.2 Å². The largest absolute Gasteiger partial charge is 0.417 e. The van der Waals surface area contributed by atoms with Crippen molar-refractivity contribution in [2.24, 2.45) is 5.92 Å². The lowest BCUT2D eigenvalue weighted by Crippen LogP contribution is -2.32. The van der Waals surface area contributed by atoms with Gasteiger partial charge in [0.1, 0.15) is 0 Å². The van der Waals surface area contributed by atoms with Crippen LogP contribution in [0, 0.1) is 12.8 Å². The quantitative estimate of drug-likeness (QED) is 0.261. The lowest BCUT2D eigenvalue weighted by Gasteiger charge is -2.35. The fourth-order valence-electron chi connectivity index (χ4n) is 4.37. The molecule has 0 amide bonds. The van der Waals surface area contributed by atoms with Crippen LogP contribution in [0.2, 0.25) is 0 Å². The first kappa shape index (κ1) is 30.4. The van der Waals surface area contributed by atoms with Gasteiger partial charge < -0.3 is 4.90 Å². The van der Waals surface area contributed by atoms with Crippen molar-refractivity contribution in [1.82, 2.24) is 9.97 Å². The molecule has 1 saturated carbocycles. The molecule has 1 fully saturated rings. The molecule has 3 aromatic rings. The predicted octanol–water partition coefficient (Wildman–Crippen LogP) is 9.74. The highest BCUT2D eigenvalue weighted by atomic mass is 19.4. The standard InChI is InChI=1S/C23H29F3N2.C7H6F3N/c1-4-19(10-5-16(2)3)28(20-11-8-18(9-12-20)23(24,25)26)22-15-27-14-13-21(22)17-6-7-17;1-5-2-3-6(4-11-5)7(8,9)10/h8-9,11-17,19H,4-7,10H2,1-3H3;2-4H,1H3. The summed E-state index contributed by atoms with van der Waals surface area (Å²) in [6, 6.07) is 10.2. The van der Waals surface area contributed by atoms with Crippen molar-refractivity contribution in [3.8, 4) is 0 Å². The molecule has 3 nitrogen and oxygen atoms in total. The van der Waals surface area contributed by atoms with E-state index in [0.29, 0.717) is 17.5 Å². The Bertz CT molecular complexity index is 1170. The van der Waals surface area contributed by atoms with Crippen LogP contribution in [0.4, 0.5) is 37.7 Å². The minimum atomic E-state index is -4.32. The number of hydrogen-bond acceptors (Lipinski definition) is 3. The average Bonchev–Trinajstić information content (AvgIpc) is 3.72. The Labute approximate surface area is 226 Å². The van der Waals surface area contributed by atoms with E-state index in [1.54, 1.807) is 19.1 Å². The van der Waals surface area contributed by atoms with E-state index in [9.17, 15) is 26.3 Å². The zero-order valence-corrected chi connectivity index (χ0v) is 22.7. The smallest absolute Gasteiger partial charge is 0.337 e. The SMILES string of the molecule is CCC(CCC(C)C)N(c1ccc(C(F)(F)F)cc1)c1cnccc1C1CC1.Cc1ccc(C(F)(F)F)cn1. The van der Waals surface area contributed by atoms with Crippen LogP contribution in [-0.2, 0) is 12.4 Å². The normalized spacial score (nSPS) is 14.5. The fraction of sp³-hybridized carbons (Fsp3) is 0.467. The fourth-order valence-corrected chi connectivity index (χ4v) is 4.37. The Morgan fingerprint density at radius 2 is 1.46 bits per heavy atom. The summed E-state index contributed by atoms with van der Waals surface area (Å²) in [6.45, 7) is 8.19. The molecule has 39 heavy (non-hydrogen) atoms. The number of benzene rings is 1. The van der Waals surface area contributed by atoms with E-state index >= 15 is 0 Å². The van der Waals surface area contributed by atoms with E-state index in [1.165, 1.54) is 36.6 Å². The van der Waals surface area contributed by atoms with Crippen LogP contribution in [0.3, 0.4) is 0 Å². The minimum absolute atomic E-state index is 0.223. The molecule has 1 aliphatic carbocycles. The second-order valence-electron chi connectivity index (χ2n) is 10.3. The van der Waals surface area contributed by atoms with Gasteiger partial charge in [0.25, 0.3) is 0 Å². The zero-order valence-electron chi connectivity index (χ0n) is 22.7. The molecule has 1 atom stereocenters. The highest BCUT2D eigenvalue weighted by molar-refractivity contribution is 5.68. The maximum atomic E-state index is 13.0. The van der Waals surface area contributed by atoms with Gasteiger partial charge >= 0.3 is 12.4 Å². The van der Waals surface area contributed by atoms with Crippen LogP contribution < -0.4 is 4.90 Å². The summed E-state index contributed by atoms with van der Waals surface area (Å²) < 4.78 is 74.7. The Morgan fingerprint density at radius 3 is 1.95 bits per heavy atom. The minimum Gasteiger partial charge on any atom is -0.337 e. The molecular formula is C30H35F6N3. The number of hydrogen-bond donors (Lipinski definition) is 0. The number of anilines is 2. The molecule has 0 spiro atoms. The van der Waals surface area contributed by atoms with Crippen molar-refractivity contribution >= 4 is 11.4 Å². The maximum absolute atomic E-state index is 13.0. The van der Waals surface area contributed by atoms with Gasteiger partial charge in [0.15, 0.2) is 0 Å². The van der Waals surface area contributed by atoms with Gasteiger partial charge in [-0.3, -0.25) is 9.97 Å². The lowest BCUT2D eigenvalue weighted by molar-refractivity contribution is -0.138. The third kappa shape index (κ3) is 8.70. The highest BCUT2D eigenvalue weighted by Gasteiger charge is 2.33. The molecule has 1 aromatic carbocycles. The number of alkyl halides is 6. The topological polar surface area (TPSA) is 29.0 Å². The molecule has 0 bridgehead atoms. The van der Waals surface area contributed by atoms with E-state index in [2.05, 4.69) is 41.7 Å². The van der Waals surface area contributed by atoms with Crippen molar-refractivity contribution < 1.29 is 26.3 Å². The van der Waals surface area contributed by atoms with E-state index in [-0.39, 0.29) is 6.04 Å². The number of rotatable bonds is 8. The van der Waals surface area contributed by atoms with Gasteiger partial charge in [0, 0.05) is 29.8 Å². The first-order valence-corrected chi connectivity index (χ1v) is 13.2. The van der Waals surface area contributed by atoms with Gasteiger partial charge in [-0.25, -0.2) is 0 Å². The summed E-state index contributed by atoms with van der Waals surface area (Å²) in [5.41, 5.74) is 2.37. The van der Waals surface area contributed by atoms with Crippen molar-refractivity contribution in [3.05, 3.63) is 83.4 Å². The van der Waals surface area contributed by atoms with Gasteiger partial charge in [-0.2, -0.15) is 26.3 Å². The third-order valence-electron chi connectivity index (χ3n) is 6.73. The predicted molar refractivity (Wildman–Crippen MR) is 142 cm³/mol. The Balaban J connectivity index is 0.000000320. The number of halogens is 6. The summed E-state index contributed by atoms with van der Waals surface area (Å²) in [7, 11) is 0. The van der Waals surface area contributed by atoms with Gasteiger partial charge in [0.05, 0.1) is 23.0 Å². The van der Waals surface area contributed by atoms with Gasteiger partial charge in [-0.15, -0.1) is 0 Å². The van der Waals surface area contributed by atoms with Crippen molar-refractivity contribution in [1.29, 1.82) is 0 Å². The first-order valence-electron chi connectivity index (χ1n) is 13.2. The number of nitrogens with zero attached hydrogens (tertiary/aromatic N) is 3. The summed E-state index contributed by atoms with van der Waals surface area (Å²) in [5, 5.41) is 0. The van der Waals surface area contributed by atoms with Crippen LogP contribution in [0.25, 0.3) is 0 Å². The molecule has 9 heteroatoms. The molecule has 2 aromatic heterocycles. The number of pyridine rings is 2. The molecule has 212 valence electrons. The molecular weight excluding hydrogens is 516 g/mol. The molecule has 1 unspecified atom stereocenters. The van der Waals surface area contributed by atoms with Gasteiger partial charge in [-0.05, 0) is 98.9 Å². The average molecular weight is 552 g/mol. The number of aromatic nitrogens is 2. The molecule has 0 aliphatic heterocycles. The molecule has 2 heterocycles. The molecule has 0 N–H and O–H groups in total. The van der Waals surface area contributed by atoms with Crippen molar-refractivity contribution in [2.75, 3.05) is 4.90 Å². The van der Waals surface area contributed by atoms with E-state index in [0.717, 1.165) is 42.9 Å². The van der Waals surface area contributed by atoms with Crippen molar-refractivity contribution in [2.45, 2.75) is 84.1 Å². The second-order valence-corrected chi connectivity index (χ2v) is 10.3. The van der Waals surface area contributed by atoms with Crippen LogP contribution in [0.5, 0.6) is 0 Å². The zero-order chi connectivity index (χ0) is 28.8. The van der Waals surface area contributed by atoms with Crippen molar-refractivity contribution in [3.63, 3.8) is 0 Å². The van der Waals surface area contributed by atoms with Crippen LogP contribution >= 0.6 is 0 Å². The van der Waals surface area contributed by atoms with E-state index in [4.69, 9.17) is 0 Å². The molecule has 0 radical (unpaired) electrons. The van der Waals surface area contributed by atoms with Crippen LogP contribution in [0.15, 0.2) is 61.1 Å². The highest BCUT2D eigenvalue weighted by Crippen LogP contribution is 2.46. The van der Waals surface area contributed by atoms with E-state index < -0.39 is 23.5 Å². The number of aryl methyl sites for hydroxylation is 1. The summed E-state index contributed by atoms with van der Waals surface area (Å²) >= 11 is 0. The maximum Gasteiger partial charge on any atom is 0.417 e. The first-order chi connectivity index (χ1) is 18.3. The van der Waals surface area contributed by atoms with E-state index in [1.807, 2.05) is 12.4 Å². The third-order valence-corrected chi connectivity index (χ3v) is 6.73. The van der Waals surface area contributed by atoms with Crippen LogP contribution in [-0.4, -0.2) is 16.0 Å².